The molecular weight excluding hydrogens is 256 g/mol. The van der Waals surface area contributed by atoms with Crippen molar-refractivity contribution in [2.24, 2.45) is 0 Å². The van der Waals surface area contributed by atoms with Crippen molar-refractivity contribution in [1.29, 1.82) is 0 Å². The van der Waals surface area contributed by atoms with E-state index in [2.05, 4.69) is 0 Å². The van der Waals surface area contributed by atoms with Crippen LogP contribution in [0.3, 0.4) is 0 Å². The molecule has 1 heterocycles. The number of hydrogen-bond donors (Lipinski definition) is 1. The van der Waals surface area contributed by atoms with Crippen molar-refractivity contribution in [1.82, 2.24) is 0 Å². The second kappa shape index (κ2) is 5.35. The maximum Gasteiger partial charge on any atom is 0.168 e. The zero-order chi connectivity index (χ0) is 14.1. The van der Waals surface area contributed by atoms with Crippen molar-refractivity contribution in [2.45, 2.75) is 43.5 Å². The van der Waals surface area contributed by atoms with E-state index in [0.717, 1.165) is 37.0 Å². The molecule has 3 rings (SSSR count). The summed E-state index contributed by atoms with van der Waals surface area (Å²) in [7, 11) is 1.66. The monoisotopic (exact) mass is 278 g/mol. The minimum atomic E-state index is -0.644. The highest BCUT2D eigenvalue weighted by atomic mass is 16.7. The first-order valence-electron chi connectivity index (χ1n) is 7.26. The Morgan fingerprint density at radius 2 is 1.65 bits per heavy atom. The Morgan fingerprint density at radius 3 is 2.20 bits per heavy atom. The molecule has 1 saturated carbocycles. The fraction of sp³-hybridized carbons (Fsp3) is 0.625. The number of hydrogen-bond acceptors (Lipinski definition) is 4. The third-order valence-corrected chi connectivity index (χ3v) is 4.45. The topological polar surface area (TPSA) is 47.9 Å². The first-order valence-corrected chi connectivity index (χ1v) is 7.26. The number of ether oxygens (including phenoxy) is 3. The molecule has 20 heavy (non-hydrogen) atoms. The van der Waals surface area contributed by atoms with Gasteiger partial charge in [-0.05, 0) is 30.5 Å². The van der Waals surface area contributed by atoms with Gasteiger partial charge in [-0.25, -0.2) is 0 Å². The van der Waals surface area contributed by atoms with Gasteiger partial charge < -0.3 is 19.3 Å². The molecule has 1 aliphatic carbocycles. The second-order valence-electron chi connectivity index (χ2n) is 5.86. The molecule has 110 valence electrons. The first-order chi connectivity index (χ1) is 9.63. The van der Waals surface area contributed by atoms with Gasteiger partial charge in [-0.2, -0.15) is 0 Å². The standard InChI is InChI=1S/C16H22O4/c1-18-14-4-2-13(3-5-14)12-15(17)6-8-16(9-7-15)19-10-11-20-16/h2-5,17H,6-12H2,1H3. The van der Waals surface area contributed by atoms with Crippen LogP contribution in [-0.2, 0) is 15.9 Å². The van der Waals surface area contributed by atoms with Crippen LogP contribution in [-0.4, -0.2) is 36.8 Å². The summed E-state index contributed by atoms with van der Waals surface area (Å²) in [5.74, 6) is 0.433. The van der Waals surface area contributed by atoms with E-state index < -0.39 is 11.4 Å². The van der Waals surface area contributed by atoms with Crippen LogP contribution >= 0.6 is 0 Å². The van der Waals surface area contributed by atoms with Crippen LogP contribution in [0.5, 0.6) is 5.75 Å². The molecule has 0 bridgehead atoms. The van der Waals surface area contributed by atoms with E-state index in [-0.39, 0.29) is 0 Å². The highest BCUT2D eigenvalue weighted by Crippen LogP contribution is 2.41. The summed E-state index contributed by atoms with van der Waals surface area (Å²) in [6.45, 7) is 1.35. The van der Waals surface area contributed by atoms with E-state index in [0.29, 0.717) is 19.6 Å². The van der Waals surface area contributed by atoms with Gasteiger partial charge in [0.05, 0.1) is 25.9 Å². The molecular formula is C16H22O4. The van der Waals surface area contributed by atoms with Crippen LogP contribution in [0.4, 0.5) is 0 Å². The third-order valence-electron chi connectivity index (χ3n) is 4.45. The van der Waals surface area contributed by atoms with Gasteiger partial charge in [0.25, 0.3) is 0 Å². The van der Waals surface area contributed by atoms with Crippen molar-refractivity contribution in [2.75, 3.05) is 20.3 Å². The van der Waals surface area contributed by atoms with Crippen LogP contribution in [0.15, 0.2) is 24.3 Å². The Morgan fingerprint density at radius 1 is 1.05 bits per heavy atom. The predicted octanol–water partition coefficient (Wildman–Crippen LogP) is 2.29. The van der Waals surface area contributed by atoms with Crippen LogP contribution in [0, 0.1) is 0 Å². The summed E-state index contributed by atoms with van der Waals surface area (Å²) in [6.07, 6.45) is 3.67. The Kier molecular flexibility index (Phi) is 3.71. The lowest BCUT2D eigenvalue weighted by Gasteiger charge is -2.40. The van der Waals surface area contributed by atoms with Gasteiger partial charge in [-0.3, -0.25) is 0 Å². The molecule has 1 aliphatic heterocycles. The molecule has 4 heteroatoms. The zero-order valence-corrected chi connectivity index (χ0v) is 11.9. The van der Waals surface area contributed by atoms with Crippen molar-refractivity contribution < 1.29 is 19.3 Å². The van der Waals surface area contributed by atoms with Gasteiger partial charge in [0, 0.05) is 19.3 Å². The molecule has 1 N–H and O–H groups in total. The normalized spacial score (nSPS) is 23.9. The predicted molar refractivity (Wildman–Crippen MR) is 74.8 cm³/mol. The smallest absolute Gasteiger partial charge is 0.168 e. The van der Waals surface area contributed by atoms with Crippen LogP contribution in [0.25, 0.3) is 0 Å². The highest BCUT2D eigenvalue weighted by Gasteiger charge is 2.45. The lowest BCUT2D eigenvalue weighted by atomic mass is 9.78. The van der Waals surface area contributed by atoms with Gasteiger partial charge in [0.1, 0.15) is 5.75 Å². The highest BCUT2D eigenvalue weighted by molar-refractivity contribution is 5.28. The van der Waals surface area contributed by atoms with Crippen molar-refractivity contribution in [3.63, 3.8) is 0 Å². The fourth-order valence-electron chi connectivity index (χ4n) is 3.18. The average Bonchev–Trinajstić information content (AvgIpc) is 2.93. The van der Waals surface area contributed by atoms with Gasteiger partial charge >= 0.3 is 0 Å². The Bertz CT molecular complexity index is 438. The Hall–Kier alpha value is -1.10. The fourth-order valence-corrected chi connectivity index (χ4v) is 3.18. The third kappa shape index (κ3) is 2.82. The van der Waals surface area contributed by atoms with Crippen molar-refractivity contribution in [3.05, 3.63) is 29.8 Å². The Balaban J connectivity index is 1.62. The Labute approximate surface area is 119 Å². The minimum Gasteiger partial charge on any atom is -0.497 e. The summed E-state index contributed by atoms with van der Waals surface area (Å²) in [4.78, 5) is 0. The van der Waals surface area contributed by atoms with Gasteiger partial charge in [-0.15, -0.1) is 0 Å². The quantitative estimate of drug-likeness (QED) is 0.921. The molecule has 1 saturated heterocycles. The number of benzene rings is 1. The molecule has 4 nitrogen and oxygen atoms in total. The average molecular weight is 278 g/mol. The van der Waals surface area contributed by atoms with E-state index >= 15 is 0 Å². The van der Waals surface area contributed by atoms with E-state index in [1.807, 2.05) is 24.3 Å². The number of methoxy groups -OCH3 is 1. The maximum absolute atomic E-state index is 10.8. The molecule has 1 spiro atoms. The van der Waals surface area contributed by atoms with Crippen LogP contribution in [0.1, 0.15) is 31.2 Å². The molecule has 0 amide bonds. The summed E-state index contributed by atoms with van der Waals surface area (Å²) < 4.78 is 16.6. The van der Waals surface area contributed by atoms with Gasteiger partial charge in [-0.1, -0.05) is 12.1 Å². The van der Waals surface area contributed by atoms with E-state index in [4.69, 9.17) is 14.2 Å². The molecule has 1 aromatic carbocycles. The number of rotatable bonds is 3. The minimum absolute atomic E-state index is 0.411. The summed E-state index contributed by atoms with van der Waals surface area (Å²) in [6, 6.07) is 7.91. The van der Waals surface area contributed by atoms with Crippen LogP contribution < -0.4 is 4.74 Å². The number of aliphatic hydroxyl groups is 1. The van der Waals surface area contributed by atoms with E-state index in [1.165, 1.54) is 0 Å². The van der Waals surface area contributed by atoms with Crippen molar-refractivity contribution >= 4 is 0 Å². The zero-order valence-electron chi connectivity index (χ0n) is 11.9. The molecule has 0 atom stereocenters. The molecule has 1 aromatic rings. The van der Waals surface area contributed by atoms with E-state index in [1.54, 1.807) is 7.11 Å². The lowest BCUT2D eigenvalue weighted by Crippen LogP contribution is -2.44. The van der Waals surface area contributed by atoms with Gasteiger partial charge in [0.15, 0.2) is 5.79 Å². The summed E-state index contributed by atoms with van der Waals surface area (Å²) >= 11 is 0. The van der Waals surface area contributed by atoms with Crippen molar-refractivity contribution in [3.8, 4) is 5.75 Å². The summed E-state index contributed by atoms with van der Waals surface area (Å²) in [5, 5.41) is 10.8. The maximum atomic E-state index is 10.8. The molecule has 2 fully saturated rings. The largest absolute Gasteiger partial charge is 0.497 e. The second-order valence-corrected chi connectivity index (χ2v) is 5.86. The lowest BCUT2D eigenvalue weighted by molar-refractivity contribution is -0.202. The van der Waals surface area contributed by atoms with Crippen LogP contribution in [0.2, 0.25) is 0 Å². The van der Waals surface area contributed by atoms with E-state index in [9.17, 15) is 5.11 Å². The molecule has 0 radical (unpaired) electrons. The SMILES string of the molecule is COc1ccc(CC2(O)CCC3(CC2)OCCO3)cc1. The van der Waals surface area contributed by atoms with Gasteiger partial charge in [0.2, 0.25) is 0 Å². The molecule has 0 unspecified atom stereocenters. The molecule has 2 aliphatic rings. The first kappa shape index (κ1) is 13.9. The molecule has 0 aromatic heterocycles. The summed E-state index contributed by atoms with van der Waals surface area (Å²) in [5.41, 5.74) is 0.493.